The van der Waals surface area contributed by atoms with E-state index in [1.165, 1.54) is 23.2 Å². The second kappa shape index (κ2) is 10.8. The Labute approximate surface area is 185 Å². The highest BCUT2D eigenvalue weighted by Gasteiger charge is 2.16. The predicted molar refractivity (Wildman–Crippen MR) is 129 cm³/mol. The Morgan fingerprint density at radius 3 is 2.41 bits per heavy atom. The summed E-state index contributed by atoms with van der Waals surface area (Å²) in [4.78, 5) is 4.97. The fourth-order valence-electron chi connectivity index (χ4n) is 3.79. The summed E-state index contributed by atoms with van der Waals surface area (Å²) in [5, 5.41) is 8.11. The Hall–Kier alpha value is -1.82. The highest BCUT2D eigenvalue weighted by Crippen LogP contribution is 2.20. The first-order chi connectivity index (χ1) is 14.0. The first-order valence-corrected chi connectivity index (χ1v) is 11.1. The largest absolute Gasteiger partial charge is 0.369 e. The summed E-state index contributed by atoms with van der Waals surface area (Å²) in [6.45, 7) is 10.6. The summed E-state index contributed by atoms with van der Waals surface area (Å²) in [5.41, 5.74) is 4.76. The minimum Gasteiger partial charge on any atom is -0.369 e. The second-order valence-corrected chi connectivity index (χ2v) is 8.62. The second-order valence-electron chi connectivity index (χ2n) is 7.77. The van der Waals surface area contributed by atoms with Crippen LogP contribution in [0.5, 0.6) is 0 Å². The number of anilines is 2. The van der Waals surface area contributed by atoms with E-state index in [9.17, 15) is 0 Å². The molecular formula is C23H31ClN4S. The average molecular weight is 431 g/mol. The molecule has 1 saturated heterocycles. The number of aryl methyl sites for hydroxylation is 2. The average Bonchev–Trinajstić information content (AvgIpc) is 2.67. The van der Waals surface area contributed by atoms with Gasteiger partial charge in [-0.05, 0) is 86.9 Å². The number of benzene rings is 2. The number of hydrogen-bond donors (Lipinski definition) is 2. The van der Waals surface area contributed by atoms with Crippen molar-refractivity contribution in [1.29, 1.82) is 0 Å². The molecule has 0 bridgehead atoms. The number of nitrogens with zero attached hydrogens (tertiary/aromatic N) is 2. The van der Waals surface area contributed by atoms with Crippen molar-refractivity contribution in [2.75, 3.05) is 49.5 Å². The van der Waals surface area contributed by atoms with Crippen LogP contribution in [0.3, 0.4) is 0 Å². The summed E-state index contributed by atoms with van der Waals surface area (Å²) >= 11 is 11.5. The molecule has 4 nitrogen and oxygen atoms in total. The Balaban J connectivity index is 1.29. The zero-order valence-corrected chi connectivity index (χ0v) is 19.0. The van der Waals surface area contributed by atoms with Gasteiger partial charge in [0.05, 0.1) is 0 Å². The van der Waals surface area contributed by atoms with Crippen LogP contribution in [0.2, 0.25) is 5.02 Å². The summed E-state index contributed by atoms with van der Waals surface area (Å²) in [5.74, 6) is 0. The van der Waals surface area contributed by atoms with E-state index >= 15 is 0 Å². The Bertz CT molecular complexity index is 798. The van der Waals surface area contributed by atoms with E-state index in [0.717, 1.165) is 56.4 Å². The third-order valence-corrected chi connectivity index (χ3v) is 5.69. The molecule has 2 N–H and O–H groups in total. The van der Waals surface area contributed by atoms with Gasteiger partial charge in [0.25, 0.3) is 0 Å². The lowest BCUT2D eigenvalue weighted by molar-refractivity contribution is 0.253. The Kier molecular flexibility index (Phi) is 8.16. The van der Waals surface area contributed by atoms with Crippen molar-refractivity contribution in [3.63, 3.8) is 0 Å². The van der Waals surface area contributed by atoms with E-state index in [-0.39, 0.29) is 0 Å². The SMILES string of the molecule is Cc1cc(C)cc(NC(=S)NCCCCN2CCN(c3cccc(Cl)c3)CC2)c1. The van der Waals surface area contributed by atoms with Crippen LogP contribution in [-0.2, 0) is 0 Å². The standard InChI is InChI=1S/C23H31ClN4S/c1-18-14-19(2)16-21(15-18)26-23(29)25-8-3-4-9-27-10-12-28(13-11-27)22-7-5-6-20(24)17-22/h5-7,14-17H,3-4,8-13H2,1-2H3,(H2,25,26,29). The number of hydrogen-bond acceptors (Lipinski definition) is 3. The topological polar surface area (TPSA) is 30.5 Å². The molecule has 0 unspecified atom stereocenters. The number of nitrogens with one attached hydrogen (secondary N) is 2. The van der Waals surface area contributed by atoms with Crippen LogP contribution >= 0.6 is 23.8 Å². The van der Waals surface area contributed by atoms with Crippen LogP contribution in [0.25, 0.3) is 0 Å². The van der Waals surface area contributed by atoms with Gasteiger partial charge < -0.3 is 15.5 Å². The van der Waals surface area contributed by atoms with Crippen molar-refractivity contribution >= 4 is 40.3 Å². The highest BCUT2D eigenvalue weighted by atomic mass is 35.5. The van der Waals surface area contributed by atoms with Gasteiger partial charge >= 0.3 is 0 Å². The lowest BCUT2D eigenvalue weighted by Crippen LogP contribution is -2.46. The third kappa shape index (κ3) is 7.18. The molecule has 0 saturated carbocycles. The number of piperazine rings is 1. The molecule has 156 valence electrons. The molecule has 0 amide bonds. The molecule has 2 aromatic rings. The number of thiocarbonyl (C=S) groups is 1. The van der Waals surface area contributed by atoms with E-state index in [2.05, 4.69) is 64.6 Å². The molecule has 0 radical (unpaired) electrons. The highest BCUT2D eigenvalue weighted by molar-refractivity contribution is 7.80. The van der Waals surface area contributed by atoms with Gasteiger partial charge in [0.15, 0.2) is 5.11 Å². The quantitative estimate of drug-likeness (QED) is 0.484. The molecule has 1 aliphatic heterocycles. The fraction of sp³-hybridized carbons (Fsp3) is 0.435. The van der Waals surface area contributed by atoms with Gasteiger partial charge in [-0.1, -0.05) is 23.7 Å². The molecule has 1 heterocycles. The van der Waals surface area contributed by atoms with Gasteiger partial charge in [-0.2, -0.15) is 0 Å². The molecule has 1 aliphatic rings. The van der Waals surface area contributed by atoms with Crippen molar-refractivity contribution < 1.29 is 0 Å². The van der Waals surface area contributed by atoms with Gasteiger partial charge in [0.2, 0.25) is 0 Å². The first-order valence-electron chi connectivity index (χ1n) is 10.4. The maximum atomic E-state index is 6.12. The molecule has 2 aromatic carbocycles. The molecule has 1 fully saturated rings. The molecule has 6 heteroatoms. The third-order valence-electron chi connectivity index (χ3n) is 5.21. The first kappa shape index (κ1) is 21.9. The van der Waals surface area contributed by atoms with Crippen molar-refractivity contribution in [2.45, 2.75) is 26.7 Å². The normalized spacial score (nSPS) is 14.7. The molecule has 0 aromatic heterocycles. The monoisotopic (exact) mass is 430 g/mol. The smallest absolute Gasteiger partial charge is 0.170 e. The lowest BCUT2D eigenvalue weighted by atomic mass is 10.1. The van der Waals surface area contributed by atoms with Crippen LogP contribution < -0.4 is 15.5 Å². The van der Waals surface area contributed by atoms with Crippen LogP contribution in [0.15, 0.2) is 42.5 Å². The van der Waals surface area contributed by atoms with Crippen LogP contribution in [0.1, 0.15) is 24.0 Å². The van der Waals surface area contributed by atoms with E-state index in [4.69, 9.17) is 23.8 Å². The molecule has 0 aliphatic carbocycles. The van der Waals surface area contributed by atoms with Crippen molar-refractivity contribution in [1.82, 2.24) is 10.2 Å². The summed E-state index contributed by atoms with van der Waals surface area (Å²) in [6.07, 6.45) is 2.29. The summed E-state index contributed by atoms with van der Waals surface area (Å²) in [7, 11) is 0. The zero-order chi connectivity index (χ0) is 20.6. The zero-order valence-electron chi connectivity index (χ0n) is 17.4. The van der Waals surface area contributed by atoms with Gasteiger partial charge in [0, 0.05) is 49.1 Å². The van der Waals surface area contributed by atoms with E-state index in [1.54, 1.807) is 0 Å². The predicted octanol–water partition coefficient (Wildman–Crippen LogP) is 4.85. The number of halogens is 1. The summed E-state index contributed by atoms with van der Waals surface area (Å²) in [6, 6.07) is 14.5. The fourth-order valence-corrected chi connectivity index (χ4v) is 4.19. The molecule has 3 rings (SSSR count). The molecular weight excluding hydrogens is 400 g/mol. The van der Waals surface area contributed by atoms with E-state index in [0.29, 0.717) is 5.11 Å². The van der Waals surface area contributed by atoms with E-state index in [1.807, 2.05) is 12.1 Å². The summed E-state index contributed by atoms with van der Waals surface area (Å²) < 4.78 is 0. The van der Waals surface area contributed by atoms with Crippen LogP contribution in [-0.4, -0.2) is 49.3 Å². The van der Waals surface area contributed by atoms with Crippen LogP contribution in [0, 0.1) is 13.8 Å². The van der Waals surface area contributed by atoms with Gasteiger partial charge in [0.1, 0.15) is 0 Å². The number of unbranched alkanes of at least 4 members (excludes halogenated alkanes) is 1. The van der Waals surface area contributed by atoms with Crippen molar-refractivity contribution in [3.05, 3.63) is 58.6 Å². The molecule has 29 heavy (non-hydrogen) atoms. The maximum absolute atomic E-state index is 6.12. The Morgan fingerprint density at radius 1 is 1.00 bits per heavy atom. The van der Waals surface area contributed by atoms with E-state index < -0.39 is 0 Å². The van der Waals surface area contributed by atoms with Gasteiger partial charge in [-0.15, -0.1) is 0 Å². The molecule has 0 atom stereocenters. The van der Waals surface area contributed by atoms with Crippen molar-refractivity contribution in [3.8, 4) is 0 Å². The maximum Gasteiger partial charge on any atom is 0.170 e. The lowest BCUT2D eigenvalue weighted by Gasteiger charge is -2.36. The van der Waals surface area contributed by atoms with Crippen molar-refractivity contribution in [2.24, 2.45) is 0 Å². The number of rotatable bonds is 7. The van der Waals surface area contributed by atoms with Gasteiger partial charge in [-0.25, -0.2) is 0 Å². The molecule has 0 spiro atoms. The van der Waals surface area contributed by atoms with Crippen LogP contribution in [0.4, 0.5) is 11.4 Å². The minimum absolute atomic E-state index is 0.699. The minimum atomic E-state index is 0.699. The Morgan fingerprint density at radius 2 is 1.72 bits per heavy atom. The van der Waals surface area contributed by atoms with Gasteiger partial charge in [-0.3, -0.25) is 4.90 Å².